The van der Waals surface area contributed by atoms with Crippen molar-refractivity contribution in [2.45, 2.75) is 56.3 Å². The first kappa shape index (κ1) is 22.7. The van der Waals surface area contributed by atoms with Crippen molar-refractivity contribution in [2.75, 3.05) is 20.2 Å². The molecule has 0 saturated carbocycles. The van der Waals surface area contributed by atoms with E-state index in [0.717, 1.165) is 49.4 Å². The van der Waals surface area contributed by atoms with E-state index in [4.69, 9.17) is 14.6 Å². The van der Waals surface area contributed by atoms with Crippen LogP contribution in [0, 0.1) is 0 Å². The molecular weight excluding hydrogens is 462 g/mol. The smallest absolute Gasteiger partial charge is 0.200 e. The number of likely N-dealkylation sites (tertiary alicyclic amines) is 1. The number of hydrogen-bond acceptors (Lipinski definition) is 6. The molecule has 1 aliphatic carbocycles. The van der Waals surface area contributed by atoms with E-state index in [-0.39, 0.29) is 11.8 Å². The third-order valence-corrected chi connectivity index (χ3v) is 8.78. The lowest BCUT2D eigenvalue weighted by Crippen LogP contribution is -2.59. The van der Waals surface area contributed by atoms with Crippen LogP contribution in [0.2, 0.25) is 0 Å². The molecule has 6 heteroatoms. The van der Waals surface area contributed by atoms with Crippen molar-refractivity contribution in [3.63, 3.8) is 0 Å². The molecule has 1 spiro atoms. The molecule has 3 aliphatic heterocycles. The van der Waals surface area contributed by atoms with E-state index in [2.05, 4.69) is 58.4 Å². The van der Waals surface area contributed by atoms with Crippen LogP contribution in [0.5, 0.6) is 17.2 Å². The number of fused-ring (bicyclic) bond motifs is 5. The molecule has 6 nitrogen and oxygen atoms in total. The molecule has 2 atom stereocenters. The van der Waals surface area contributed by atoms with Gasteiger partial charge in [0.15, 0.2) is 11.5 Å². The molecule has 0 unspecified atom stereocenters. The number of rotatable bonds is 3. The third-order valence-electron chi connectivity index (χ3n) is 8.78. The maximum absolute atomic E-state index is 10.1. The van der Waals surface area contributed by atoms with Gasteiger partial charge in [-0.3, -0.25) is 4.90 Å². The zero-order valence-electron chi connectivity index (χ0n) is 21.3. The first-order chi connectivity index (χ1) is 18.1. The molecule has 0 aromatic heterocycles. The lowest BCUT2D eigenvalue weighted by Gasteiger charge is -2.52. The summed E-state index contributed by atoms with van der Waals surface area (Å²) in [5, 5.41) is 17.6. The van der Waals surface area contributed by atoms with Crippen molar-refractivity contribution in [1.82, 2.24) is 9.91 Å². The van der Waals surface area contributed by atoms with Crippen molar-refractivity contribution in [3.05, 3.63) is 89.0 Å². The molecule has 190 valence electrons. The molecule has 3 aromatic rings. The second kappa shape index (κ2) is 8.80. The topological polar surface area (TPSA) is 57.5 Å². The van der Waals surface area contributed by atoms with Crippen LogP contribution in [0.1, 0.15) is 66.4 Å². The lowest BCUT2D eigenvalue weighted by molar-refractivity contribution is -0.153. The largest absolute Gasteiger partial charge is 0.504 e. The Balaban J connectivity index is 1.20. The number of phenols is 1. The normalized spacial score (nSPS) is 24.0. The Morgan fingerprint density at radius 2 is 1.76 bits per heavy atom. The van der Waals surface area contributed by atoms with Gasteiger partial charge in [0.05, 0.1) is 18.9 Å². The fraction of sp³-hybridized carbons (Fsp3) is 0.387. The van der Waals surface area contributed by atoms with Crippen LogP contribution < -0.4 is 9.47 Å². The van der Waals surface area contributed by atoms with E-state index in [1.54, 1.807) is 13.2 Å². The number of methoxy groups -OCH3 is 1. The van der Waals surface area contributed by atoms with E-state index in [9.17, 15) is 5.11 Å². The highest BCUT2D eigenvalue weighted by Gasteiger charge is 2.52. The molecule has 1 N–H and O–H groups in total. The van der Waals surface area contributed by atoms with Gasteiger partial charge in [-0.05, 0) is 54.7 Å². The van der Waals surface area contributed by atoms with Gasteiger partial charge in [0, 0.05) is 49.5 Å². The monoisotopic (exact) mass is 495 g/mol. The molecule has 7 rings (SSSR count). The highest BCUT2D eigenvalue weighted by molar-refractivity contribution is 6.02. The number of aryl methyl sites for hydroxylation is 1. The van der Waals surface area contributed by atoms with Gasteiger partial charge in [0.1, 0.15) is 5.75 Å². The summed E-state index contributed by atoms with van der Waals surface area (Å²) >= 11 is 0. The molecule has 37 heavy (non-hydrogen) atoms. The predicted molar refractivity (Wildman–Crippen MR) is 143 cm³/mol. The minimum absolute atomic E-state index is 0.140. The Kier molecular flexibility index (Phi) is 5.39. The number of piperidine rings is 1. The number of hydrazone groups is 1. The minimum atomic E-state index is -0.452. The van der Waals surface area contributed by atoms with Crippen molar-refractivity contribution < 1.29 is 14.6 Å². The summed E-state index contributed by atoms with van der Waals surface area (Å²) in [5.74, 6) is 1.60. The highest BCUT2D eigenvalue weighted by Crippen LogP contribution is 2.51. The Hall–Kier alpha value is -3.51. The van der Waals surface area contributed by atoms with Crippen molar-refractivity contribution in [1.29, 1.82) is 0 Å². The van der Waals surface area contributed by atoms with Crippen LogP contribution in [-0.4, -0.2) is 46.7 Å². The van der Waals surface area contributed by atoms with Gasteiger partial charge in [-0.15, -0.1) is 0 Å². The Labute approximate surface area is 218 Å². The minimum Gasteiger partial charge on any atom is -0.504 e. The van der Waals surface area contributed by atoms with Crippen LogP contribution in [0.4, 0.5) is 0 Å². The summed E-state index contributed by atoms with van der Waals surface area (Å²) < 4.78 is 12.2. The fourth-order valence-corrected chi connectivity index (χ4v) is 6.88. The second-order valence-electron chi connectivity index (χ2n) is 10.7. The summed E-state index contributed by atoms with van der Waals surface area (Å²) in [6.07, 6.45) is 6.30. The SMILES string of the molecule is COc1cc(C2=NN3[C@H](C2)c2ccccc2OC32CCN([C@H]3CCCc4ccccc43)CC2)ccc1O. The maximum Gasteiger partial charge on any atom is 0.200 e. The average molecular weight is 496 g/mol. The first-order valence-corrected chi connectivity index (χ1v) is 13.5. The summed E-state index contributed by atoms with van der Waals surface area (Å²) in [5.41, 5.74) is 5.76. The molecule has 4 aliphatic rings. The van der Waals surface area contributed by atoms with Crippen LogP contribution in [0.3, 0.4) is 0 Å². The van der Waals surface area contributed by atoms with E-state index in [1.807, 2.05) is 12.1 Å². The molecule has 0 bridgehead atoms. The number of ether oxygens (including phenoxy) is 2. The second-order valence-corrected chi connectivity index (χ2v) is 10.7. The zero-order valence-corrected chi connectivity index (χ0v) is 21.3. The Morgan fingerprint density at radius 3 is 2.59 bits per heavy atom. The maximum atomic E-state index is 10.1. The van der Waals surface area contributed by atoms with E-state index < -0.39 is 5.72 Å². The van der Waals surface area contributed by atoms with Crippen LogP contribution in [-0.2, 0) is 6.42 Å². The fourth-order valence-electron chi connectivity index (χ4n) is 6.88. The number of hydrogen-bond donors (Lipinski definition) is 1. The Bertz CT molecular complexity index is 1360. The van der Waals surface area contributed by atoms with Crippen LogP contribution >= 0.6 is 0 Å². The third kappa shape index (κ3) is 3.69. The van der Waals surface area contributed by atoms with Crippen molar-refractivity contribution in [2.24, 2.45) is 5.10 Å². The van der Waals surface area contributed by atoms with Gasteiger partial charge in [-0.2, -0.15) is 5.10 Å². The van der Waals surface area contributed by atoms with E-state index in [0.29, 0.717) is 11.8 Å². The number of aromatic hydroxyl groups is 1. The van der Waals surface area contributed by atoms with E-state index in [1.165, 1.54) is 36.0 Å². The highest BCUT2D eigenvalue weighted by atomic mass is 16.5. The molecule has 3 heterocycles. The summed E-state index contributed by atoms with van der Waals surface area (Å²) in [6.45, 7) is 1.98. The molecule has 1 saturated heterocycles. The first-order valence-electron chi connectivity index (χ1n) is 13.5. The van der Waals surface area contributed by atoms with Gasteiger partial charge in [-0.25, -0.2) is 5.01 Å². The van der Waals surface area contributed by atoms with Gasteiger partial charge < -0.3 is 14.6 Å². The van der Waals surface area contributed by atoms with Gasteiger partial charge in [-0.1, -0.05) is 42.5 Å². The average Bonchev–Trinajstić information content (AvgIpc) is 3.41. The van der Waals surface area contributed by atoms with Gasteiger partial charge in [0.25, 0.3) is 0 Å². The molecule has 0 amide bonds. The van der Waals surface area contributed by atoms with Crippen molar-refractivity contribution >= 4 is 5.71 Å². The number of phenolic OH excluding ortho intramolecular Hbond substituents is 1. The molecular formula is C31H33N3O3. The van der Waals surface area contributed by atoms with E-state index >= 15 is 0 Å². The van der Waals surface area contributed by atoms with Crippen LogP contribution in [0.25, 0.3) is 0 Å². The summed E-state index contributed by atoms with van der Waals surface area (Å²) in [4.78, 5) is 2.67. The standard InChI is InChI=1S/C31H33N3O3/c1-36-30-19-22(13-14-28(30)35)25-20-27-24-10-4-5-12-29(24)37-31(34(27)32-25)15-17-33(18-16-31)26-11-6-8-21-7-2-3-9-23(21)26/h2-5,7,9-10,12-14,19,26-27,35H,6,8,11,15-18,20H2,1H3/t26-,27+/m0/s1. The Morgan fingerprint density at radius 1 is 0.973 bits per heavy atom. The number of nitrogens with zero attached hydrogens (tertiary/aromatic N) is 3. The molecule has 3 aromatic carbocycles. The van der Waals surface area contributed by atoms with Gasteiger partial charge in [0.2, 0.25) is 5.72 Å². The van der Waals surface area contributed by atoms with Crippen molar-refractivity contribution in [3.8, 4) is 17.2 Å². The summed E-state index contributed by atoms with van der Waals surface area (Å²) in [6, 6.07) is 23.6. The molecule has 1 fully saturated rings. The number of benzene rings is 3. The molecule has 0 radical (unpaired) electrons. The summed E-state index contributed by atoms with van der Waals surface area (Å²) in [7, 11) is 1.58. The lowest BCUT2D eigenvalue weighted by atomic mass is 9.84. The quantitative estimate of drug-likeness (QED) is 0.497. The zero-order chi connectivity index (χ0) is 25.0. The van der Waals surface area contributed by atoms with Crippen LogP contribution in [0.15, 0.2) is 71.8 Å². The van der Waals surface area contributed by atoms with Gasteiger partial charge >= 0.3 is 0 Å². The predicted octanol–water partition coefficient (Wildman–Crippen LogP) is 5.81. The number of para-hydroxylation sites is 1.